The summed E-state index contributed by atoms with van der Waals surface area (Å²) in [6.07, 6.45) is 0. The van der Waals surface area contributed by atoms with Gasteiger partial charge in [0.25, 0.3) is 0 Å². The first-order chi connectivity index (χ1) is 5.06. The summed E-state index contributed by atoms with van der Waals surface area (Å²) in [6, 6.07) is 0. The smallest absolute Gasteiger partial charge is 0.394 e. The summed E-state index contributed by atoms with van der Waals surface area (Å²) in [5.41, 5.74) is 0. The van der Waals surface area contributed by atoms with E-state index in [0.717, 1.165) is 0 Å². The maximum atomic E-state index is 9.89. The van der Waals surface area contributed by atoms with Gasteiger partial charge in [-0.3, -0.25) is 4.55 Å². The number of hydrogen-bond acceptors (Lipinski definition) is 6. The molecule has 0 saturated heterocycles. The van der Waals surface area contributed by atoms with Crippen molar-refractivity contribution in [3.63, 3.8) is 0 Å². The highest BCUT2D eigenvalue weighted by Gasteiger charge is 2.02. The molecule has 0 aliphatic rings. The molecule has 0 amide bonds. The van der Waals surface area contributed by atoms with Crippen LogP contribution in [0.25, 0.3) is 0 Å². The summed E-state index contributed by atoms with van der Waals surface area (Å²) >= 11 is 0. The zero-order valence-corrected chi connectivity index (χ0v) is 7.29. The minimum absolute atomic E-state index is 0. The topological polar surface area (TPSA) is 128 Å². The minimum atomic E-state index is -4.35. The van der Waals surface area contributed by atoms with E-state index < -0.39 is 10.4 Å². The molecule has 0 aromatic heterocycles. The van der Waals surface area contributed by atoms with Crippen LogP contribution in [0.1, 0.15) is 0 Å². The van der Waals surface area contributed by atoms with Gasteiger partial charge >= 0.3 is 10.4 Å². The van der Waals surface area contributed by atoms with Crippen molar-refractivity contribution in [3.8, 4) is 0 Å². The Morgan fingerprint density at radius 2 is 1.75 bits per heavy atom. The second-order valence-electron chi connectivity index (χ2n) is 1.59. The Bertz CT molecular complexity index is 178. The standard InChI is InChI=1S/C4H10O6S.H3N/c5-1-2-9-3-4-10-11(6,7)8;/h5H,1-4H2,(H,6,7,8);1H3. The van der Waals surface area contributed by atoms with E-state index >= 15 is 0 Å². The lowest BCUT2D eigenvalue weighted by molar-refractivity contribution is 0.0691. The van der Waals surface area contributed by atoms with Gasteiger partial charge in [-0.15, -0.1) is 0 Å². The normalized spacial score (nSPS) is 10.8. The molecular formula is C4H13NO6S. The molecule has 0 bridgehead atoms. The van der Waals surface area contributed by atoms with Crippen molar-refractivity contribution in [1.82, 2.24) is 6.15 Å². The Kier molecular flexibility index (Phi) is 8.81. The van der Waals surface area contributed by atoms with Crippen LogP contribution in [-0.4, -0.2) is 44.5 Å². The van der Waals surface area contributed by atoms with Gasteiger partial charge in [0.1, 0.15) is 0 Å². The van der Waals surface area contributed by atoms with Gasteiger partial charge in [0, 0.05) is 0 Å². The zero-order valence-electron chi connectivity index (χ0n) is 6.47. The van der Waals surface area contributed by atoms with Crippen LogP contribution < -0.4 is 6.15 Å². The maximum Gasteiger partial charge on any atom is 0.397 e. The molecule has 0 radical (unpaired) electrons. The van der Waals surface area contributed by atoms with Crippen molar-refractivity contribution in [1.29, 1.82) is 0 Å². The predicted molar refractivity (Wildman–Crippen MR) is 40.4 cm³/mol. The molecule has 0 fully saturated rings. The lowest BCUT2D eigenvalue weighted by Crippen LogP contribution is -2.11. The minimum Gasteiger partial charge on any atom is -0.394 e. The first-order valence-electron chi connectivity index (χ1n) is 2.86. The molecular weight excluding hydrogens is 190 g/mol. The highest BCUT2D eigenvalue weighted by atomic mass is 32.3. The van der Waals surface area contributed by atoms with Crippen molar-refractivity contribution in [2.24, 2.45) is 0 Å². The molecule has 7 nitrogen and oxygen atoms in total. The van der Waals surface area contributed by atoms with Crippen molar-refractivity contribution in [2.75, 3.05) is 26.4 Å². The molecule has 0 aromatic rings. The van der Waals surface area contributed by atoms with Crippen LogP contribution in [0.4, 0.5) is 0 Å². The van der Waals surface area contributed by atoms with Crippen molar-refractivity contribution in [3.05, 3.63) is 0 Å². The van der Waals surface area contributed by atoms with Crippen LogP contribution in [0.15, 0.2) is 0 Å². The van der Waals surface area contributed by atoms with E-state index in [-0.39, 0.29) is 32.6 Å². The molecule has 0 unspecified atom stereocenters. The summed E-state index contributed by atoms with van der Waals surface area (Å²) in [5.74, 6) is 0. The average molecular weight is 203 g/mol. The SMILES string of the molecule is N.O=S(=O)(O)OCCOCCO. The van der Waals surface area contributed by atoms with Gasteiger partial charge in [0.2, 0.25) is 0 Å². The van der Waals surface area contributed by atoms with Gasteiger partial charge in [-0.05, 0) is 0 Å². The van der Waals surface area contributed by atoms with E-state index in [0.29, 0.717) is 0 Å². The van der Waals surface area contributed by atoms with Crippen molar-refractivity contribution in [2.45, 2.75) is 0 Å². The summed E-state index contributed by atoms with van der Waals surface area (Å²) in [6.45, 7) is -0.250. The monoisotopic (exact) mass is 203 g/mol. The second kappa shape index (κ2) is 7.40. The molecule has 0 saturated carbocycles. The fourth-order valence-electron chi connectivity index (χ4n) is 0.365. The largest absolute Gasteiger partial charge is 0.397 e. The molecule has 5 N–H and O–H groups in total. The number of hydrogen-bond donors (Lipinski definition) is 3. The molecule has 76 valence electrons. The lowest BCUT2D eigenvalue weighted by Gasteiger charge is -2.00. The van der Waals surface area contributed by atoms with Crippen LogP contribution in [0.5, 0.6) is 0 Å². The molecule has 12 heavy (non-hydrogen) atoms. The number of rotatable bonds is 6. The highest BCUT2D eigenvalue weighted by Crippen LogP contribution is 1.85. The summed E-state index contributed by atoms with van der Waals surface area (Å²) in [5, 5.41) is 8.19. The second-order valence-corrected chi connectivity index (χ2v) is 2.68. The van der Waals surface area contributed by atoms with Gasteiger partial charge in [-0.2, -0.15) is 8.42 Å². The first kappa shape index (κ1) is 14.3. The van der Waals surface area contributed by atoms with Crippen LogP contribution in [0.2, 0.25) is 0 Å². The third-order valence-electron chi connectivity index (χ3n) is 0.696. The molecule has 0 atom stereocenters. The van der Waals surface area contributed by atoms with Gasteiger partial charge < -0.3 is 16.0 Å². The molecule has 0 spiro atoms. The Morgan fingerprint density at radius 1 is 1.17 bits per heavy atom. The zero-order chi connectivity index (χ0) is 8.74. The average Bonchev–Trinajstić information content (AvgIpc) is 1.85. The van der Waals surface area contributed by atoms with Crippen LogP contribution >= 0.6 is 0 Å². The summed E-state index contributed by atoms with van der Waals surface area (Å²) in [7, 11) is -4.35. The maximum absolute atomic E-state index is 9.89. The fraction of sp³-hybridized carbons (Fsp3) is 1.00. The quantitative estimate of drug-likeness (QED) is 0.372. The molecule has 0 aromatic carbocycles. The number of aliphatic hydroxyl groups excluding tert-OH is 1. The first-order valence-corrected chi connectivity index (χ1v) is 4.23. The third-order valence-corrected chi connectivity index (χ3v) is 1.16. The Morgan fingerprint density at radius 3 is 2.17 bits per heavy atom. The van der Waals surface area contributed by atoms with Gasteiger partial charge in [0.05, 0.1) is 26.4 Å². The number of ether oxygens (including phenoxy) is 1. The van der Waals surface area contributed by atoms with Gasteiger partial charge in [-0.25, -0.2) is 4.18 Å². The lowest BCUT2D eigenvalue weighted by atomic mass is 10.7. The predicted octanol–water partition coefficient (Wildman–Crippen LogP) is -1.02. The van der Waals surface area contributed by atoms with Crippen LogP contribution in [0.3, 0.4) is 0 Å². The van der Waals surface area contributed by atoms with Gasteiger partial charge in [-0.1, -0.05) is 0 Å². The van der Waals surface area contributed by atoms with Crippen LogP contribution in [0, 0.1) is 0 Å². The van der Waals surface area contributed by atoms with E-state index in [9.17, 15) is 8.42 Å². The Labute approximate surface area is 70.8 Å². The molecule has 0 heterocycles. The van der Waals surface area contributed by atoms with Gasteiger partial charge in [0.15, 0.2) is 0 Å². The van der Waals surface area contributed by atoms with Crippen molar-refractivity contribution < 1.29 is 27.0 Å². The molecule has 0 aliphatic heterocycles. The van der Waals surface area contributed by atoms with E-state index in [4.69, 9.17) is 9.66 Å². The van der Waals surface area contributed by atoms with E-state index in [2.05, 4.69) is 8.92 Å². The number of aliphatic hydroxyl groups is 1. The Hall–Kier alpha value is -0.250. The Balaban J connectivity index is 0. The van der Waals surface area contributed by atoms with E-state index in [1.165, 1.54) is 0 Å². The van der Waals surface area contributed by atoms with Crippen LogP contribution in [-0.2, 0) is 19.3 Å². The fourth-order valence-corrected chi connectivity index (χ4v) is 0.644. The van der Waals surface area contributed by atoms with Crippen molar-refractivity contribution >= 4 is 10.4 Å². The van der Waals surface area contributed by atoms with E-state index in [1.807, 2.05) is 0 Å². The molecule has 0 aliphatic carbocycles. The van der Waals surface area contributed by atoms with E-state index in [1.54, 1.807) is 0 Å². The summed E-state index contributed by atoms with van der Waals surface area (Å²) in [4.78, 5) is 0. The summed E-state index contributed by atoms with van der Waals surface area (Å²) < 4.78 is 36.3. The molecule has 0 rings (SSSR count). The highest BCUT2D eigenvalue weighted by molar-refractivity contribution is 7.80. The molecule has 8 heteroatoms. The third kappa shape index (κ3) is 12.4.